The van der Waals surface area contributed by atoms with E-state index in [0.717, 1.165) is 17.4 Å². The number of carbonyl (C=O) groups is 1. The van der Waals surface area contributed by atoms with Crippen molar-refractivity contribution in [3.63, 3.8) is 0 Å². The molecular formula is C14H24BrN5O. The Kier molecular flexibility index (Phi) is 7.42. The number of nitrogens with one attached hydrogen (secondary N) is 3. The summed E-state index contributed by atoms with van der Waals surface area (Å²) in [5.41, 5.74) is 0. The smallest absolute Gasteiger partial charge is 0.242 e. The lowest BCUT2D eigenvalue weighted by Gasteiger charge is -2.17. The lowest BCUT2D eigenvalue weighted by atomic mass is 10.2. The van der Waals surface area contributed by atoms with E-state index in [2.05, 4.69) is 62.6 Å². The second-order valence-electron chi connectivity index (χ2n) is 5.32. The molecule has 0 saturated carbocycles. The van der Waals surface area contributed by atoms with Gasteiger partial charge in [-0.15, -0.1) is 0 Å². The third-order valence-corrected chi connectivity index (χ3v) is 3.29. The molecule has 0 saturated heterocycles. The molecule has 0 spiro atoms. The van der Waals surface area contributed by atoms with Gasteiger partial charge in [-0.3, -0.25) is 4.79 Å². The van der Waals surface area contributed by atoms with Gasteiger partial charge in [0.05, 0.1) is 4.47 Å². The molecule has 0 fully saturated rings. The zero-order valence-electron chi connectivity index (χ0n) is 13.0. The Bertz CT molecular complexity index is 467. The Morgan fingerprint density at radius 1 is 1.38 bits per heavy atom. The molecule has 0 aliphatic rings. The zero-order chi connectivity index (χ0) is 15.8. The second kappa shape index (κ2) is 8.81. The Hall–Kier alpha value is -1.37. The Morgan fingerprint density at radius 2 is 2.10 bits per heavy atom. The summed E-state index contributed by atoms with van der Waals surface area (Å²) in [7, 11) is 0. The lowest BCUT2D eigenvalue weighted by molar-refractivity contribution is -0.121. The molecule has 0 aliphatic carbocycles. The fraction of sp³-hybridized carbons (Fsp3) is 0.643. The minimum Gasteiger partial charge on any atom is -0.358 e. The number of hydrogen-bond acceptors (Lipinski definition) is 5. The van der Waals surface area contributed by atoms with Gasteiger partial charge in [0.2, 0.25) is 11.9 Å². The van der Waals surface area contributed by atoms with Crippen molar-refractivity contribution in [2.45, 2.75) is 40.2 Å². The maximum Gasteiger partial charge on any atom is 0.242 e. The predicted octanol–water partition coefficient (Wildman–Crippen LogP) is 2.63. The van der Waals surface area contributed by atoms with Crippen LogP contribution in [0.15, 0.2) is 10.7 Å². The molecule has 0 aromatic carbocycles. The first-order valence-corrected chi connectivity index (χ1v) is 8.04. The van der Waals surface area contributed by atoms with Crippen LogP contribution in [0.25, 0.3) is 0 Å². The van der Waals surface area contributed by atoms with Crippen LogP contribution in [0.5, 0.6) is 0 Å². The van der Waals surface area contributed by atoms with Crippen molar-refractivity contribution in [3.05, 3.63) is 10.7 Å². The fourth-order valence-corrected chi connectivity index (χ4v) is 1.82. The van der Waals surface area contributed by atoms with E-state index >= 15 is 0 Å². The summed E-state index contributed by atoms with van der Waals surface area (Å²) in [6, 6.07) is -0.367. The molecule has 1 rings (SSSR count). The van der Waals surface area contributed by atoms with Crippen LogP contribution >= 0.6 is 15.9 Å². The average molecular weight is 358 g/mol. The van der Waals surface area contributed by atoms with Crippen LogP contribution in [0, 0.1) is 5.92 Å². The summed E-state index contributed by atoms with van der Waals surface area (Å²) < 4.78 is 0.730. The first-order chi connectivity index (χ1) is 9.93. The lowest BCUT2D eigenvalue weighted by Crippen LogP contribution is -2.39. The van der Waals surface area contributed by atoms with Gasteiger partial charge in [-0.2, -0.15) is 4.98 Å². The minimum atomic E-state index is -0.367. The summed E-state index contributed by atoms with van der Waals surface area (Å²) >= 11 is 3.39. The summed E-state index contributed by atoms with van der Waals surface area (Å²) in [5.74, 6) is 1.54. The Labute approximate surface area is 134 Å². The van der Waals surface area contributed by atoms with E-state index in [9.17, 15) is 4.79 Å². The third-order valence-electron chi connectivity index (χ3n) is 2.71. The number of aromatic nitrogens is 2. The molecule has 3 N–H and O–H groups in total. The minimum absolute atomic E-state index is 0.0442. The van der Waals surface area contributed by atoms with E-state index < -0.39 is 0 Å². The largest absolute Gasteiger partial charge is 0.358 e. The standard InChI is InChI=1S/C14H24BrN5O/c1-5-6-16-14-18-8-11(15)12(20-14)19-10(4)13(21)17-7-9(2)3/h8-10H,5-7H2,1-4H3,(H,17,21)(H2,16,18,19,20). The van der Waals surface area contributed by atoms with Crippen molar-refractivity contribution in [3.8, 4) is 0 Å². The first-order valence-electron chi connectivity index (χ1n) is 7.24. The SMILES string of the molecule is CCCNc1ncc(Br)c(NC(C)C(=O)NCC(C)C)n1. The summed E-state index contributed by atoms with van der Waals surface area (Å²) in [5, 5.41) is 9.12. The fourth-order valence-electron chi connectivity index (χ4n) is 1.52. The number of hydrogen-bond donors (Lipinski definition) is 3. The molecular weight excluding hydrogens is 334 g/mol. The highest BCUT2D eigenvalue weighted by molar-refractivity contribution is 9.10. The number of nitrogens with zero attached hydrogens (tertiary/aromatic N) is 2. The van der Waals surface area contributed by atoms with Gasteiger partial charge < -0.3 is 16.0 Å². The van der Waals surface area contributed by atoms with Gasteiger partial charge in [0.1, 0.15) is 11.9 Å². The molecule has 118 valence electrons. The van der Waals surface area contributed by atoms with Gasteiger partial charge in [0, 0.05) is 19.3 Å². The molecule has 6 nitrogen and oxygen atoms in total. The van der Waals surface area contributed by atoms with Crippen molar-refractivity contribution < 1.29 is 4.79 Å². The molecule has 21 heavy (non-hydrogen) atoms. The Morgan fingerprint density at radius 3 is 2.71 bits per heavy atom. The van der Waals surface area contributed by atoms with E-state index in [-0.39, 0.29) is 11.9 Å². The molecule has 0 bridgehead atoms. The van der Waals surface area contributed by atoms with Crippen LogP contribution in [-0.4, -0.2) is 35.0 Å². The summed E-state index contributed by atoms with van der Waals surface area (Å²) in [4.78, 5) is 20.5. The number of amides is 1. The maximum absolute atomic E-state index is 12.0. The highest BCUT2D eigenvalue weighted by atomic mass is 79.9. The number of carbonyl (C=O) groups excluding carboxylic acids is 1. The first kappa shape index (κ1) is 17.7. The molecule has 1 aromatic heterocycles. The topological polar surface area (TPSA) is 78.9 Å². The van der Waals surface area contributed by atoms with Gasteiger partial charge in [-0.25, -0.2) is 4.98 Å². The van der Waals surface area contributed by atoms with E-state index in [4.69, 9.17) is 0 Å². The van der Waals surface area contributed by atoms with E-state index in [1.165, 1.54) is 0 Å². The van der Waals surface area contributed by atoms with E-state index in [1.807, 2.05) is 6.92 Å². The van der Waals surface area contributed by atoms with Gasteiger partial charge >= 0.3 is 0 Å². The Balaban J connectivity index is 2.65. The second-order valence-corrected chi connectivity index (χ2v) is 6.18. The van der Waals surface area contributed by atoms with Crippen molar-refractivity contribution in [1.29, 1.82) is 0 Å². The molecule has 1 atom stereocenters. The van der Waals surface area contributed by atoms with Gasteiger partial charge in [0.25, 0.3) is 0 Å². The van der Waals surface area contributed by atoms with Crippen LogP contribution in [0.3, 0.4) is 0 Å². The van der Waals surface area contributed by atoms with Gasteiger partial charge in [-0.05, 0) is 35.2 Å². The van der Waals surface area contributed by atoms with Crippen LogP contribution in [0.1, 0.15) is 34.1 Å². The monoisotopic (exact) mass is 357 g/mol. The summed E-state index contributed by atoms with van der Waals surface area (Å²) in [6.45, 7) is 9.48. The molecule has 0 aliphatic heterocycles. The maximum atomic E-state index is 12.0. The van der Waals surface area contributed by atoms with Crippen molar-refractivity contribution >= 4 is 33.6 Å². The van der Waals surface area contributed by atoms with E-state index in [1.54, 1.807) is 6.20 Å². The normalized spacial score (nSPS) is 12.1. The molecule has 1 unspecified atom stereocenters. The highest BCUT2D eigenvalue weighted by Gasteiger charge is 2.15. The van der Waals surface area contributed by atoms with Gasteiger partial charge in [0.15, 0.2) is 0 Å². The van der Waals surface area contributed by atoms with Crippen LogP contribution in [-0.2, 0) is 4.79 Å². The van der Waals surface area contributed by atoms with Crippen molar-refractivity contribution in [2.24, 2.45) is 5.92 Å². The third kappa shape index (κ3) is 6.29. The number of anilines is 2. The summed E-state index contributed by atoms with van der Waals surface area (Å²) in [6.07, 6.45) is 2.67. The van der Waals surface area contributed by atoms with Crippen LogP contribution < -0.4 is 16.0 Å². The quantitative estimate of drug-likeness (QED) is 0.666. The molecule has 7 heteroatoms. The van der Waals surface area contributed by atoms with Gasteiger partial charge in [-0.1, -0.05) is 20.8 Å². The average Bonchev–Trinajstić information content (AvgIpc) is 2.45. The predicted molar refractivity (Wildman–Crippen MR) is 89.4 cm³/mol. The molecule has 1 aromatic rings. The molecule has 0 radical (unpaired) electrons. The number of halogens is 1. The molecule has 1 amide bonds. The molecule has 1 heterocycles. The number of rotatable bonds is 8. The van der Waals surface area contributed by atoms with Crippen LogP contribution in [0.4, 0.5) is 11.8 Å². The van der Waals surface area contributed by atoms with Crippen LogP contribution in [0.2, 0.25) is 0 Å². The van der Waals surface area contributed by atoms with Crippen molar-refractivity contribution in [2.75, 3.05) is 23.7 Å². The zero-order valence-corrected chi connectivity index (χ0v) is 14.6. The van der Waals surface area contributed by atoms with Crippen molar-refractivity contribution in [1.82, 2.24) is 15.3 Å². The van der Waals surface area contributed by atoms with E-state index in [0.29, 0.717) is 24.2 Å². The highest BCUT2D eigenvalue weighted by Crippen LogP contribution is 2.20.